The third-order valence-corrected chi connectivity index (χ3v) is 7.48. The standard InChI is InChI=1S/C18H30N2O/c1-16(2)13(19)5-14(16)20-15(21)18-8-11-4-12(9-18)7-17(3,6-11)10-18/h11-14H,4-10,19H2,1-3H3,(H,20,21). The summed E-state index contributed by atoms with van der Waals surface area (Å²) in [7, 11) is 0. The summed E-state index contributed by atoms with van der Waals surface area (Å²) in [5.41, 5.74) is 6.55. The van der Waals surface area contributed by atoms with Gasteiger partial charge in [0.15, 0.2) is 0 Å². The molecule has 118 valence electrons. The lowest BCUT2D eigenvalue weighted by Crippen LogP contribution is -2.67. The molecule has 0 heterocycles. The van der Waals surface area contributed by atoms with Gasteiger partial charge >= 0.3 is 0 Å². The van der Waals surface area contributed by atoms with E-state index in [1.807, 2.05) is 0 Å². The Hall–Kier alpha value is -0.570. The highest BCUT2D eigenvalue weighted by atomic mass is 16.2. The highest BCUT2D eigenvalue weighted by Crippen LogP contribution is 2.65. The molecular formula is C18H30N2O. The average Bonchev–Trinajstić information content (AvgIpc) is 2.35. The van der Waals surface area contributed by atoms with E-state index >= 15 is 0 Å². The van der Waals surface area contributed by atoms with E-state index in [0.29, 0.717) is 11.3 Å². The second kappa shape index (κ2) is 4.04. The Kier molecular flexibility index (Phi) is 2.70. The fourth-order valence-electron chi connectivity index (χ4n) is 6.50. The molecule has 3 nitrogen and oxygen atoms in total. The molecule has 3 N–H and O–H groups in total. The van der Waals surface area contributed by atoms with Crippen LogP contribution in [0.1, 0.15) is 65.7 Å². The largest absolute Gasteiger partial charge is 0.352 e. The smallest absolute Gasteiger partial charge is 0.226 e. The molecule has 0 radical (unpaired) electrons. The van der Waals surface area contributed by atoms with E-state index in [1.165, 1.54) is 19.3 Å². The zero-order valence-corrected chi connectivity index (χ0v) is 13.7. The monoisotopic (exact) mass is 290 g/mol. The molecule has 5 fully saturated rings. The van der Waals surface area contributed by atoms with Gasteiger partial charge in [0.1, 0.15) is 0 Å². The Morgan fingerprint density at radius 2 is 1.67 bits per heavy atom. The maximum atomic E-state index is 13.1. The van der Waals surface area contributed by atoms with Crippen molar-refractivity contribution in [3.8, 4) is 0 Å². The van der Waals surface area contributed by atoms with E-state index in [2.05, 4.69) is 26.1 Å². The van der Waals surface area contributed by atoms with Gasteiger partial charge in [0.05, 0.1) is 5.41 Å². The molecule has 5 aliphatic carbocycles. The maximum absolute atomic E-state index is 13.1. The first-order valence-corrected chi connectivity index (χ1v) is 8.79. The van der Waals surface area contributed by atoms with Crippen LogP contribution in [0.2, 0.25) is 0 Å². The predicted molar refractivity (Wildman–Crippen MR) is 83.5 cm³/mol. The van der Waals surface area contributed by atoms with Crippen molar-refractivity contribution >= 4 is 5.91 Å². The summed E-state index contributed by atoms with van der Waals surface area (Å²) >= 11 is 0. The Morgan fingerprint density at radius 3 is 2.14 bits per heavy atom. The molecule has 5 aliphatic rings. The van der Waals surface area contributed by atoms with E-state index in [4.69, 9.17) is 5.73 Å². The normalized spacial score (nSPS) is 53.3. The number of hydrogen-bond acceptors (Lipinski definition) is 2. The Labute approximate surface area is 128 Å². The van der Waals surface area contributed by atoms with E-state index in [0.717, 1.165) is 37.5 Å². The van der Waals surface area contributed by atoms with Crippen molar-refractivity contribution in [1.29, 1.82) is 0 Å². The maximum Gasteiger partial charge on any atom is 0.226 e. The zero-order valence-electron chi connectivity index (χ0n) is 13.7. The fourth-order valence-corrected chi connectivity index (χ4v) is 6.50. The lowest BCUT2D eigenvalue weighted by Gasteiger charge is -2.61. The van der Waals surface area contributed by atoms with Crippen LogP contribution in [-0.4, -0.2) is 18.0 Å². The molecule has 0 aromatic heterocycles. The predicted octanol–water partition coefficient (Wildman–Crippen LogP) is 2.83. The summed E-state index contributed by atoms with van der Waals surface area (Å²) in [5.74, 6) is 1.96. The van der Waals surface area contributed by atoms with Gasteiger partial charge in [0, 0.05) is 17.5 Å². The number of carbonyl (C=O) groups is 1. The van der Waals surface area contributed by atoms with E-state index in [1.54, 1.807) is 0 Å². The molecule has 1 amide bonds. The van der Waals surface area contributed by atoms with Gasteiger partial charge in [-0.3, -0.25) is 4.79 Å². The molecular weight excluding hydrogens is 260 g/mol. The molecule has 0 aliphatic heterocycles. The van der Waals surface area contributed by atoms with E-state index in [9.17, 15) is 4.79 Å². The number of nitrogens with two attached hydrogens (primary N) is 1. The minimum Gasteiger partial charge on any atom is -0.352 e. The fraction of sp³-hybridized carbons (Fsp3) is 0.944. The van der Waals surface area contributed by atoms with Gasteiger partial charge in [-0.25, -0.2) is 0 Å². The van der Waals surface area contributed by atoms with Crippen LogP contribution in [0.5, 0.6) is 0 Å². The summed E-state index contributed by atoms with van der Waals surface area (Å²) < 4.78 is 0. The highest BCUT2D eigenvalue weighted by molar-refractivity contribution is 5.83. The van der Waals surface area contributed by atoms with Gasteiger partial charge in [0.25, 0.3) is 0 Å². The van der Waals surface area contributed by atoms with Crippen LogP contribution in [-0.2, 0) is 4.79 Å². The van der Waals surface area contributed by atoms with E-state index < -0.39 is 0 Å². The van der Waals surface area contributed by atoms with Crippen LogP contribution in [0.4, 0.5) is 0 Å². The number of amides is 1. The summed E-state index contributed by atoms with van der Waals surface area (Å²) in [4.78, 5) is 13.1. The quantitative estimate of drug-likeness (QED) is 0.821. The van der Waals surface area contributed by atoms with Crippen molar-refractivity contribution < 1.29 is 4.79 Å². The molecule has 5 saturated carbocycles. The third-order valence-electron chi connectivity index (χ3n) is 7.48. The molecule has 4 atom stereocenters. The molecule has 5 rings (SSSR count). The third kappa shape index (κ3) is 1.92. The molecule has 4 unspecified atom stereocenters. The Balaban J connectivity index is 1.52. The summed E-state index contributed by atoms with van der Waals surface area (Å²) in [6.45, 7) is 6.80. The van der Waals surface area contributed by atoms with Crippen LogP contribution in [0.15, 0.2) is 0 Å². The first kappa shape index (κ1) is 14.0. The molecule has 0 spiro atoms. The molecule has 0 saturated heterocycles. The lowest BCUT2D eigenvalue weighted by molar-refractivity contribution is -0.158. The second-order valence-electron chi connectivity index (χ2n) is 9.74. The Morgan fingerprint density at radius 1 is 1.05 bits per heavy atom. The summed E-state index contributed by atoms with van der Waals surface area (Å²) in [6, 6.07) is 0.512. The van der Waals surface area contributed by atoms with Gasteiger partial charge in [-0.2, -0.15) is 0 Å². The number of carbonyl (C=O) groups excluding carboxylic acids is 1. The molecule has 3 heteroatoms. The summed E-state index contributed by atoms with van der Waals surface area (Å²) in [6.07, 6.45) is 8.45. The van der Waals surface area contributed by atoms with Crippen molar-refractivity contribution in [3.63, 3.8) is 0 Å². The van der Waals surface area contributed by atoms with E-state index in [-0.39, 0.29) is 22.9 Å². The van der Waals surface area contributed by atoms with Crippen LogP contribution in [0, 0.1) is 28.1 Å². The zero-order chi connectivity index (χ0) is 15.0. The van der Waals surface area contributed by atoms with Crippen molar-refractivity contribution in [3.05, 3.63) is 0 Å². The molecule has 4 bridgehead atoms. The number of nitrogens with one attached hydrogen (secondary N) is 1. The lowest BCUT2D eigenvalue weighted by atomic mass is 9.44. The highest BCUT2D eigenvalue weighted by Gasteiger charge is 2.59. The second-order valence-corrected chi connectivity index (χ2v) is 9.74. The van der Waals surface area contributed by atoms with Crippen molar-refractivity contribution in [2.24, 2.45) is 33.8 Å². The van der Waals surface area contributed by atoms with Crippen LogP contribution in [0.25, 0.3) is 0 Å². The minimum atomic E-state index is -0.0470. The van der Waals surface area contributed by atoms with Gasteiger partial charge in [-0.05, 0) is 62.2 Å². The molecule has 0 aromatic carbocycles. The van der Waals surface area contributed by atoms with Gasteiger partial charge in [-0.1, -0.05) is 20.8 Å². The molecule has 0 aromatic rings. The van der Waals surface area contributed by atoms with Crippen LogP contribution in [0.3, 0.4) is 0 Å². The van der Waals surface area contributed by atoms with Crippen molar-refractivity contribution in [2.75, 3.05) is 0 Å². The first-order chi connectivity index (χ1) is 9.72. The van der Waals surface area contributed by atoms with Crippen LogP contribution < -0.4 is 11.1 Å². The average molecular weight is 290 g/mol. The number of hydrogen-bond donors (Lipinski definition) is 2. The number of rotatable bonds is 2. The first-order valence-electron chi connectivity index (χ1n) is 8.79. The van der Waals surface area contributed by atoms with Crippen molar-refractivity contribution in [1.82, 2.24) is 5.32 Å². The van der Waals surface area contributed by atoms with Crippen LogP contribution >= 0.6 is 0 Å². The SMILES string of the molecule is CC12CC3CC(C1)CC(C(=O)NC1CC(N)C1(C)C)(C3)C2. The van der Waals surface area contributed by atoms with Gasteiger partial charge in [-0.15, -0.1) is 0 Å². The summed E-state index contributed by atoms with van der Waals surface area (Å²) in [5, 5.41) is 3.39. The van der Waals surface area contributed by atoms with Crippen molar-refractivity contribution in [2.45, 2.75) is 77.8 Å². The van der Waals surface area contributed by atoms with Gasteiger partial charge < -0.3 is 11.1 Å². The Bertz CT molecular complexity index is 470. The topological polar surface area (TPSA) is 55.1 Å². The minimum absolute atomic E-state index is 0.0470. The molecule has 21 heavy (non-hydrogen) atoms. The van der Waals surface area contributed by atoms with Gasteiger partial charge in [0.2, 0.25) is 5.91 Å².